The molecule has 1 amide bonds. The number of carbonyl (C=O) groups is 1. The first-order chi connectivity index (χ1) is 13.5. The molecule has 0 saturated carbocycles. The maximum atomic E-state index is 13.0. The Labute approximate surface area is 166 Å². The second kappa shape index (κ2) is 8.59. The van der Waals surface area contributed by atoms with E-state index >= 15 is 0 Å². The molecule has 0 spiro atoms. The lowest BCUT2D eigenvalue weighted by Crippen LogP contribution is -2.38. The van der Waals surface area contributed by atoms with Crippen molar-refractivity contribution in [2.75, 3.05) is 29.4 Å². The van der Waals surface area contributed by atoms with Gasteiger partial charge in [-0.3, -0.25) is 4.79 Å². The van der Waals surface area contributed by atoms with Crippen LogP contribution >= 0.6 is 11.8 Å². The summed E-state index contributed by atoms with van der Waals surface area (Å²) in [6.45, 7) is 0. The summed E-state index contributed by atoms with van der Waals surface area (Å²) in [4.78, 5) is 21.6. The molecular formula is C19H20N6O2S. The zero-order valence-electron chi connectivity index (χ0n) is 15.4. The van der Waals surface area contributed by atoms with Crippen LogP contribution in [0, 0.1) is 0 Å². The predicted octanol–water partition coefficient (Wildman–Crippen LogP) is 3.05. The second-order valence-corrected chi connectivity index (χ2v) is 6.48. The van der Waals surface area contributed by atoms with E-state index in [0.717, 1.165) is 16.4 Å². The average molecular weight is 396 g/mol. The number of rotatable bonds is 6. The van der Waals surface area contributed by atoms with E-state index in [1.807, 2.05) is 18.4 Å². The Morgan fingerprint density at radius 3 is 2.54 bits per heavy atom. The minimum atomic E-state index is -0.485. The zero-order valence-corrected chi connectivity index (χ0v) is 16.2. The van der Waals surface area contributed by atoms with Gasteiger partial charge in [0.1, 0.15) is 17.1 Å². The lowest BCUT2D eigenvalue weighted by Gasteiger charge is -2.20. The van der Waals surface area contributed by atoms with Gasteiger partial charge in [0.2, 0.25) is 0 Å². The quantitative estimate of drug-likeness (QED) is 0.145. The summed E-state index contributed by atoms with van der Waals surface area (Å²) in [6, 6.07) is 14.1. The number of benzene rings is 2. The van der Waals surface area contributed by atoms with Gasteiger partial charge in [-0.2, -0.15) is 0 Å². The van der Waals surface area contributed by atoms with Crippen molar-refractivity contribution >= 4 is 40.5 Å². The van der Waals surface area contributed by atoms with Crippen molar-refractivity contribution in [1.29, 1.82) is 0 Å². The molecule has 5 N–H and O–H groups in total. The minimum absolute atomic E-state index is 0.222. The highest BCUT2D eigenvalue weighted by atomic mass is 32.2. The molecule has 1 heterocycles. The van der Waals surface area contributed by atoms with E-state index in [0.29, 0.717) is 22.3 Å². The van der Waals surface area contributed by atoms with Crippen LogP contribution in [0.3, 0.4) is 0 Å². The Morgan fingerprint density at radius 1 is 1.18 bits per heavy atom. The number of nitrogens with zero attached hydrogens (tertiary/aromatic N) is 3. The first kappa shape index (κ1) is 19.5. The molecule has 0 aliphatic heterocycles. The van der Waals surface area contributed by atoms with E-state index in [-0.39, 0.29) is 5.56 Å². The maximum Gasteiger partial charge on any atom is 0.277 e. The fourth-order valence-corrected chi connectivity index (χ4v) is 2.81. The molecule has 8 nitrogen and oxygen atoms in total. The minimum Gasteiger partial charge on any atom is -0.497 e. The number of nitrogens with two attached hydrogens (primary N) is 2. The summed E-state index contributed by atoms with van der Waals surface area (Å²) in [5.41, 5.74) is 7.69. The predicted molar refractivity (Wildman–Crippen MR) is 112 cm³/mol. The van der Waals surface area contributed by atoms with Crippen LogP contribution in [0.5, 0.6) is 5.75 Å². The number of ether oxygens (including phenoxy) is 1. The summed E-state index contributed by atoms with van der Waals surface area (Å²) >= 11 is 1.37. The van der Waals surface area contributed by atoms with Crippen molar-refractivity contribution in [2.24, 2.45) is 5.84 Å². The van der Waals surface area contributed by atoms with Crippen LogP contribution in [0.1, 0.15) is 10.4 Å². The van der Waals surface area contributed by atoms with Crippen molar-refractivity contribution in [1.82, 2.24) is 9.97 Å². The third kappa shape index (κ3) is 4.16. The van der Waals surface area contributed by atoms with E-state index in [1.54, 1.807) is 43.5 Å². The summed E-state index contributed by atoms with van der Waals surface area (Å²) in [6.07, 6.45) is 3.31. The van der Waals surface area contributed by atoms with E-state index < -0.39 is 5.91 Å². The standard InChI is InChI=1S/C19H20N6O2S/c1-27-13-9-7-12(8-10-13)23-17-14(11-22-19(24-17)28-2)18(26)25(21)16-6-4-3-5-15(16)20/h3-11H,20-21H2,1-2H3,(H,22,23,24). The van der Waals surface area contributed by atoms with Crippen LogP contribution in [0.15, 0.2) is 59.9 Å². The van der Waals surface area contributed by atoms with Gasteiger partial charge >= 0.3 is 0 Å². The van der Waals surface area contributed by atoms with Crippen LogP contribution in [0.4, 0.5) is 22.9 Å². The maximum absolute atomic E-state index is 13.0. The highest BCUT2D eigenvalue weighted by molar-refractivity contribution is 7.98. The Bertz CT molecular complexity index is 980. The fraction of sp³-hybridized carbons (Fsp3) is 0.105. The molecule has 144 valence electrons. The third-order valence-corrected chi connectivity index (χ3v) is 4.51. The Balaban J connectivity index is 1.95. The summed E-state index contributed by atoms with van der Waals surface area (Å²) in [5, 5.41) is 4.66. The lowest BCUT2D eigenvalue weighted by atomic mass is 10.2. The molecule has 0 aliphatic carbocycles. The number of hydrogen-bond acceptors (Lipinski definition) is 8. The molecule has 0 fully saturated rings. The van der Waals surface area contributed by atoms with Crippen molar-refractivity contribution in [3.05, 3.63) is 60.3 Å². The average Bonchev–Trinajstić information content (AvgIpc) is 2.73. The Morgan fingerprint density at radius 2 is 1.89 bits per heavy atom. The number of anilines is 4. The largest absolute Gasteiger partial charge is 0.497 e. The number of methoxy groups -OCH3 is 1. The first-order valence-electron chi connectivity index (χ1n) is 8.29. The van der Waals surface area contributed by atoms with E-state index in [9.17, 15) is 4.79 Å². The fourth-order valence-electron chi connectivity index (χ4n) is 2.47. The van der Waals surface area contributed by atoms with Crippen LogP contribution < -0.4 is 26.6 Å². The smallest absolute Gasteiger partial charge is 0.277 e. The van der Waals surface area contributed by atoms with Crippen LogP contribution in [0.25, 0.3) is 0 Å². The van der Waals surface area contributed by atoms with Gasteiger partial charge in [0.05, 0.1) is 18.5 Å². The van der Waals surface area contributed by atoms with Crippen LogP contribution in [-0.4, -0.2) is 29.2 Å². The third-order valence-electron chi connectivity index (χ3n) is 3.95. The molecule has 28 heavy (non-hydrogen) atoms. The lowest BCUT2D eigenvalue weighted by molar-refractivity contribution is 0.0987. The molecule has 0 bridgehead atoms. The van der Waals surface area contributed by atoms with E-state index in [2.05, 4.69) is 15.3 Å². The summed E-state index contributed by atoms with van der Waals surface area (Å²) < 4.78 is 5.16. The van der Waals surface area contributed by atoms with E-state index in [1.165, 1.54) is 18.0 Å². The first-order valence-corrected chi connectivity index (χ1v) is 9.51. The number of aromatic nitrogens is 2. The zero-order chi connectivity index (χ0) is 20.1. The number of hydrogen-bond donors (Lipinski definition) is 3. The number of nitrogen functional groups attached to an aromatic ring is 1. The molecule has 9 heteroatoms. The number of nitrogens with one attached hydrogen (secondary N) is 1. The summed E-state index contributed by atoms with van der Waals surface area (Å²) in [5.74, 6) is 6.63. The molecule has 1 aromatic heterocycles. The highest BCUT2D eigenvalue weighted by Gasteiger charge is 2.21. The SMILES string of the molecule is COc1ccc(Nc2nc(SC)ncc2C(=O)N(N)c2ccccc2N)cc1. The molecule has 0 unspecified atom stereocenters. The topological polar surface area (TPSA) is 119 Å². The second-order valence-electron chi connectivity index (χ2n) is 5.71. The van der Waals surface area contributed by atoms with Crippen molar-refractivity contribution in [3.63, 3.8) is 0 Å². The molecule has 0 aliphatic rings. The van der Waals surface area contributed by atoms with Gasteiger partial charge in [-0.15, -0.1) is 0 Å². The highest BCUT2D eigenvalue weighted by Crippen LogP contribution is 2.26. The van der Waals surface area contributed by atoms with Gasteiger partial charge < -0.3 is 15.8 Å². The van der Waals surface area contributed by atoms with Gasteiger partial charge in [0.15, 0.2) is 5.16 Å². The number of para-hydroxylation sites is 2. The van der Waals surface area contributed by atoms with Crippen LogP contribution in [-0.2, 0) is 0 Å². The number of carbonyl (C=O) groups excluding carboxylic acids is 1. The molecule has 0 saturated heterocycles. The van der Waals surface area contributed by atoms with Gasteiger partial charge in [-0.05, 0) is 42.7 Å². The Hall–Kier alpha value is -3.30. The van der Waals surface area contributed by atoms with Crippen molar-refractivity contribution in [2.45, 2.75) is 5.16 Å². The number of amides is 1. The van der Waals surface area contributed by atoms with Crippen molar-refractivity contribution in [3.8, 4) is 5.75 Å². The van der Waals surface area contributed by atoms with Crippen LogP contribution in [0.2, 0.25) is 0 Å². The van der Waals surface area contributed by atoms with Gasteiger partial charge in [0, 0.05) is 11.9 Å². The molecule has 3 aromatic rings. The molecule has 3 rings (SSSR count). The molecular weight excluding hydrogens is 376 g/mol. The number of hydrazine groups is 1. The normalized spacial score (nSPS) is 10.4. The number of thioether (sulfide) groups is 1. The monoisotopic (exact) mass is 396 g/mol. The molecule has 0 radical (unpaired) electrons. The van der Waals surface area contributed by atoms with Crippen molar-refractivity contribution < 1.29 is 9.53 Å². The Kier molecular flexibility index (Phi) is 5.97. The van der Waals surface area contributed by atoms with E-state index in [4.69, 9.17) is 16.3 Å². The molecule has 0 atom stereocenters. The molecule has 2 aromatic carbocycles. The van der Waals surface area contributed by atoms with Gasteiger partial charge in [-0.1, -0.05) is 23.9 Å². The van der Waals surface area contributed by atoms with Gasteiger partial charge in [-0.25, -0.2) is 20.8 Å². The van der Waals surface area contributed by atoms with Gasteiger partial charge in [0.25, 0.3) is 5.91 Å². The summed E-state index contributed by atoms with van der Waals surface area (Å²) in [7, 11) is 1.60.